The number of carbonyl (C=O) groups excluding carboxylic acids is 1. The number of nitrogens with two attached hydrogens (primary N) is 1. The zero-order valence-electron chi connectivity index (χ0n) is 13.5. The molecule has 0 saturated heterocycles. The van der Waals surface area contributed by atoms with Crippen LogP contribution in [0.25, 0.3) is 0 Å². The largest absolute Gasteiger partial charge is 0.493 e. The van der Waals surface area contributed by atoms with E-state index in [-0.39, 0.29) is 18.3 Å². The Balaban J connectivity index is 0.00000264. The first-order valence-corrected chi connectivity index (χ1v) is 7.38. The van der Waals surface area contributed by atoms with E-state index in [0.717, 1.165) is 22.6 Å². The topological polar surface area (TPSA) is 64.3 Å². The maximum Gasteiger partial charge on any atom is 0.227 e. The number of carbonyl (C=O) groups is 1. The van der Waals surface area contributed by atoms with Crippen molar-refractivity contribution in [2.75, 3.05) is 11.9 Å². The third-order valence-electron chi connectivity index (χ3n) is 3.62. The molecular weight excluding hydrogens is 312 g/mol. The van der Waals surface area contributed by atoms with Crippen molar-refractivity contribution in [1.82, 2.24) is 0 Å². The highest BCUT2D eigenvalue weighted by Gasteiger charge is 2.05. The molecule has 0 radical (unpaired) electrons. The minimum absolute atomic E-state index is 0. The molecule has 0 unspecified atom stereocenters. The summed E-state index contributed by atoms with van der Waals surface area (Å²) in [5.41, 5.74) is 9.65. The van der Waals surface area contributed by atoms with Gasteiger partial charge in [0.15, 0.2) is 0 Å². The number of hydrogen-bond donors (Lipinski definition) is 2. The van der Waals surface area contributed by atoms with Gasteiger partial charge in [-0.2, -0.15) is 0 Å². The highest BCUT2D eigenvalue weighted by Crippen LogP contribution is 2.20. The second-order valence-electron chi connectivity index (χ2n) is 5.25. The molecule has 0 aromatic heterocycles. The van der Waals surface area contributed by atoms with Gasteiger partial charge in [-0.05, 0) is 48.7 Å². The van der Waals surface area contributed by atoms with E-state index in [4.69, 9.17) is 10.5 Å². The molecule has 5 heteroatoms. The number of ether oxygens (including phenoxy) is 1. The van der Waals surface area contributed by atoms with E-state index >= 15 is 0 Å². The number of nitrogens with one attached hydrogen (secondary N) is 1. The number of benzene rings is 2. The Bertz CT molecular complexity index is 642. The van der Waals surface area contributed by atoms with Crippen LogP contribution in [0.15, 0.2) is 42.5 Å². The van der Waals surface area contributed by atoms with E-state index in [1.807, 2.05) is 56.3 Å². The molecule has 124 valence electrons. The normalized spacial score (nSPS) is 9.87. The van der Waals surface area contributed by atoms with Crippen molar-refractivity contribution in [1.29, 1.82) is 0 Å². The Hall–Kier alpha value is -2.04. The lowest BCUT2D eigenvalue weighted by molar-refractivity contribution is -0.116. The van der Waals surface area contributed by atoms with Crippen LogP contribution in [0.4, 0.5) is 5.69 Å². The van der Waals surface area contributed by atoms with E-state index in [1.165, 1.54) is 5.56 Å². The van der Waals surface area contributed by atoms with Crippen LogP contribution < -0.4 is 15.8 Å². The molecule has 0 bridgehead atoms. The van der Waals surface area contributed by atoms with Crippen molar-refractivity contribution in [3.63, 3.8) is 0 Å². The first-order chi connectivity index (χ1) is 10.6. The Labute approximate surface area is 143 Å². The molecule has 1 amide bonds. The third-order valence-corrected chi connectivity index (χ3v) is 3.62. The third kappa shape index (κ3) is 5.58. The highest BCUT2D eigenvalue weighted by molar-refractivity contribution is 5.90. The zero-order chi connectivity index (χ0) is 15.9. The molecule has 0 atom stereocenters. The average molecular weight is 335 g/mol. The van der Waals surface area contributed by atoms with Gasteiger partial charge in [-0.15, -0.1) is 12.4 Å². The predicted molar refractivity (Wildman–Crippen MR) is 96.2 cm³/mol. The van der Waals surface area contributed by atoms with Crippen LogP contribution in [0.1, 0.15) is 23.1 Å². The smallest absolute Gasteiger partial charge is 0.227 e. The fraction of sp³-hybridized carbons (Fsp3) is 0.278. The van der Waals surface area contributed by atoms with Gasteiger partial charge in [0, 0.05) is 12.2 Å². The minimum atomic E-state index is -0.0641. The zero-order valence-corrected chi connectivity index (χ0v) is 14.3. The van der Waals surface area contributed by atoms with Gasteiger partial charge in [-0.25, -0.2) is 0 Å². The molecule has 23 heavy (non-hydrogen) atoms. The van der Waals surface area contributed by atoms with Crippen molar-refractivity contribution in [2.45, 2.75) is 26.8 Å². The standard InChI is InChI=1S/C18H22N2O2.ClH/c1-13-4-3-5-17(14(13)2)22-11-10-18(21)20-16-8-6-15(12-19)7-9-16;/h3-9H,10-12,19H2,1-2H3,(H,20,21);1H. The maximum absolute atomic E-state index is 11.9. The van der Waals surface area contributed by atoms with Crippen LogP contribution in [0.2, 0.25) is 0 Å². The molecule has 0 fully saturated rings. The molecular formula is C18H23ClN2O2. The lowest BCUT2D eigenvalue weighted by atomic mass is 10.1. The molecule has 0 aliphatic heterocycles. The van der Waals surface area contributed by atoms with Crippen molar-refractivity contribution < 1.29 is 9.53 Å². The summed E-state index contributed by atoms with van der Waals surface area (Å²) in [6.45, 7) is 4.92. The van der Waals surface area contributed by atoms with Crippen LogP contribution in [0.3, 0.4) is 0 Å². The molecule has 0 saturated carbocycles. The summed E-state index contributed by atoms with van der Waals surface area (Å²) in [6, 6.07) is 13.4. The van der Waals surface area contributed by atoms with Gasteiger partial charge in [-0.3, -0.25) is 4.79 Å². The van der Waals surface area contributed by atoms with Gasteiger partial charge < -0.3 is 15.8 Å². The quantitative estimate of drug-likeness (QED) is 0.848. The summed E-state index contributed by atoms with van der Waals surface area (Å²) >= 11 is 0. The van der Waals surface area contributed by atoms with Crippen LogP contribution in [0.5, 0.6) is 5.75 Å². The number of rotatable bonds is 6. The molecule has 0 spiro atoms. The van der Waals surface area contributed by atoms with Gasteiger partial charge in [-0.1, -0.05) is 24.3 Å². The fourth-order valence-electron chi connectivity index (χ4n) is 2.08. The van der Waals surface area contributed by atoms with E-state index in [1.54, 1.807) is 0 Å². The van der Waals surface area contributed by atoms with Crippen molar-refractivity contribution in [2.24, 2.45) is 5.73 Å². The van der Waals surface area contributed by atoms with Gasteiger partial charge in [0.2, 0.25) is 5.91 Å². The number of hydrogen-bond acceptors (Lipinski definition) is 3. The Morgan fingerprint density at radius 2 is 1.83 bits per heavy atom. The van der Waals surface area contributed by atoms with Crippen LogP contribution in [-0.4, -0.2) is 12.5 Å². The summed E-state index contributed by atoms with van der Waals surface area (Å²) in [7, 11) is 0. The van der Waals surface area contributed by atoms with Gasteiger partial charge in [0.05, 0.1) is 13.0 Å². The molecule has 2 rings (SSSR count). The van der Waals surface area contributed by atoms with Crippen LogP contribution in [0, 0.1) is 13.8 Å². The van der Waals surface area contributed by atoms with Crippen LogP contribution >= 0.6 is 12.4 Å². The first kappa shape index (κ1) is 19.0. The summed E-state index contributed by atoms with van der Waals surface area (Å²) in [6.07, 6.45) is 0.312. The molecule has 2 aromatic rings. The second-order valence-corrected chi connectivity index (χ2v) is 5.25. The van der Waals surface area contributed by atoms with Crippen molar-refractivity contribution in [3.8, 4) is 5.75 Å². The summed E-state index contributed by atoms with van der Waals surface area (Å²) in [4.78, 5) is 11.9. The van der Waals surface area contributed by atoms with Crippen LogP contribution in [-0.2, 0) is 11.3 Å². The van der Waals surface area contributed by atoms with Gasteiger partial charge >= 0.3 is 0 Å². The molecule has 0 heterocycles. The number of aryl methyl sites for hydroxylation is 1. The highest BCUT2D eigenvalue weighted by atomic mass is 35.5. The van der Waals surface area contributed by atoms with E-state index < -0.39 is 0 Å². The second kappa shape index (κ2) is 9.18. The summed E-state index contributed by atoms with van der Waals surface area (Å²) in [5, 5.41) is 2.85. The molecule has 4 nitrogen and oxygen atoms in total. The molecule has 3 N–H and O–H groups in total. The van der Waals surface area contributed by atoms with Gasteiger partial charge in [0.1, 0.15) is 5.75 Å². The summed E-state index contributed by atoms with van der Waals surface area (Å²) < 4.78 is 5.69. The van der Waals surface area contributed by atoms with Gasteiger partial charge in [0.25, 0.3) is 0 Å². The van der Waals surface area contributed by atoms with Crippen molar-refractivity contribution in [3.05, 3.63) is 59.2 Å². The first-order valence-electron chi connectivity index (χ1n) is 7.38. The Morgan fingerprint density at radius 3 is 2.48 bits per heavy atom. The maximum atomic E-state index is 11.9. The number of anilines is 1. The monoisotopic (exact) mass is 334 g/mol. The van der Waals surface area contributed by atoms with Crippen molar-refractivity contribution >= 4 is 24.0 Å². The molecule has 0 aliphatic carbocycles. The summed E-state index contributed by atoms with van der Waals surface area (Å²) in [5.74, 6) is 0.769. The number of amides is 1. The van der Waals surface area contributed by atoms with E-state index in [2.05, 4.69) is 5.32 Å². The van der Waals surface area contributed by atoms with E-state index in [0.29, 0.717) is 19.6 Å². The molecule has 2 aromatic carbocycles. The Morgan fingerprint density at radius 1 is 1.13 bits per heavy atom. The van der Waals surface area contributed by atoms with E-state index in [9.17, 15) is 4.79 Å². The lowest BCUT2D eigenvalue weighted by Crippen LogP contribution is -2.15. The Kier molecular flexibility index (Phi) is 7.59. The number of halogens is 1. The lowest BCUT2D eigenvalue weighted by Gasteiger charge is -2.11. The SMILES string of the molecule is Cc1cccc(OCCC(=O)Nc2ccc(CN)cc2)c1C.Cl. The average Bonchev–Trinajstić information content (AvgIpc) is 2.52. The predicted octanol–water partition coefficient (Wildman–Crippen LogP) is 3.59. The molecule has 0 aliphatic rings. The fourth-order valence-corrected chi connectivity index (χ4v) is 2.08. The minimum Gasteiger partial charge on any atom is -0.493 e.